The predicted octanol–water partition coefficient (Wildman–Crippen LogP) is 3.51. The van der Waals surface area contributed by atoms with Gasteiger partial charge in [0.05, 0.1) is 0 Å². The maximum Gasteiger partial charge on any atom is 0.191 e. The van der Waals surface area contributed by atoms with E-state index in [0.717, 1.165) is 54.4 Å². The molecule has 146 valence electrons. The zero-order valence-corrected chi connectivity index (χ0v) is 17.3. The Bertz CT molecular complexity index is 743. The van der Waals surface area contributed by atoms with Gasteiger partial charge in [0.2, 0.25) is 0 Å². The smallest absolute Gasteiger partial charge is 0.191 e. The molecule has 0 radical (unpaired) electrons. The summed E-state index contributed by atoms with van der Waals surface area (Å²) in [5, 5.41) is 16.2. The van der Waals surface area contributed by atoms with E-state index < -0.39 is 0 Å². The van der Waals surface area contributed by atoms with Gasteiger partial charge in [0, 0.05) is 41.7 Å². The van der Waals surface area contributed by atoms with Crippen molar-refractivity contribution in [3.8, 4) is 0 Å². The summed E-state index contributed by atoms with van der Waals surface area (Å²) in [5.74, 6) is 3.83. The van der Waals surface area contributed by atoms with Crippen LogP contribution in [-0.4, -0.2) is 39.6 Å². The van der Waals surface area contributed by atoms with Crippen LogP contribution in [0.5, 0.6) is 0 Å². The number of halogens is 1. The zero-order valence-electron chi connectivity index (χ0n) is 15.7. The van der Waals surface area contributed by atoms with Crippen molar-refractivity contribution in [2.45, 2.75) is 50.6 Å². The van der Waals surface area contributed by atoms with E-state index in [0.29, 0.717) is 6.54 Å². The van der Waals surface area contributed by atoms with Gasteiger partial charge in [-0.15, -0.1) is 22.0 Å². The van der Waals surface area contributed by atoms with E-state index in [9.17, 15) is 0 Å². The molecule has 0 atom stereocenters. The maximum atomic E-state index is 5.92. The van der Waals surface area contributed by atoms with E-state index in [-0.39, 0.29) is 0 Å². The third kappa shape index (κ3) is 6.14. The number of nitrogens with one attached hydrogen (secondary N) is 2. The first-order valence-corrected chi connectivity index (χ1v) is 10.9. The number of fused-ring (bicyclic) bond motifs is 1. The van der Waals surface area contributed by atoms with Crippen molar-refractivity contribution in [2.24, 2.45) is 4.99 Å². The Kier molecular flexibility index (Phi) is 7.83. The summed E-state index contributed by atoms with van der Waals surface area (Å²) in [4.78, 5) is 5.91. The second-order valence-corrected chi connectivity index (χ2v) is 8.02. The van der Waals surface area contributed by atoms with E-state index in [1.807, 2.05) is 24.3 Å². The van der Waals surface area contributed by atoms with Crippen molar-refractivity contribution in [3.63, 3.8) is 0 Å². The molecule has 2 aromatic rings. The van der Waals surface area contributed by atoms with E-state index in [4.69, 9.17) is 16.6 Å². The van der Waals surface area contributed by atoms with Gasteiger partial charge < -0.3 is 15.2 Å². The fourth-order valence-electron chi connectivity index (χ4n) is 3.02. The number of hydrogen-bond acceptors (Lipinski definition) is 4. The van der Waals surface area contributed by atoms with Crippen LogP contribution in [-0.2, 0) is 19.5 Å². The van der Waals surface area contributed by atoms with E-state index in [1.165, 1.54) is 24.2 Å². The largest absolute Gasteiger partial charge is 0.357 e. The van der Waals surface area contributed by atoms with Crippen LogP contribution in [0.3, 0.4) is 0 Å². The topological polar surface area (TPSA) is 67.1 Å². The lowest BCUT2D eigenvalue weighted by Gasteiger charge is -2.11. The average Bonchev–Trinajstić information content (AvgIpc) is 2.91. The van der Waals surface area contributed by atoms with Crippen LogP contribution >= 0.6 is 23.4 Å². The Morgan fingerprint density at radius 1 is 1.19 bits per heavy atom. The molecule has 0 fully saturated rings. The van der Waals surface area contributed by atoms with Crippen molar-refractivity contribution in [2.75, 3.05) is 18.8 Å². The number of benzene rings is 1. The standard InChI is InChI=1S/C19H27ClN6S/c1-2-21-19(22-11-13-27-16-9-7-15(20)8-10-16)23-14-18-25-24-17-6-4-3-5-12-26(17)18/h7-10H,2-6,11-14H2,1H3,(H2,21,22,23). The SMILES string of the molecule is CCNC(=NCc1nnc2n1CCCCC2)NCCSc1ccc(Cl)cc1. The third-order valence-electron chi connectivity index (χ3n) is 4.39. The molecule has 8 heteroatoms. The number of hydrogen-bond donors (Lipinski definition) is 2. The number of guanidine groups is 1. The first kappa shape index (κ1) is 20.0. The lowest BCUT2D eigenvalue weighted by molar-refractivity contribution is 0.605. The second kappa shape index (κ2) is 10.6. The molecule has 6 nitrogen and oxygen atoms in total. The minimum atomic E-state index is 0.548. The van der Waals surface area contributed by atoms with Gasteiger partial charge in [0.15, 0.2) is 11.8 Å². The van der Waals surface area contributed by atoms with Crippen LogP contribution in [0.4, 0.5) is 0 Å². The molecular formula is C19H27ClN6S. The Morgan fingerprint density at radius 2 is 2.04 bits per heavy atom. The quantitative estimate of drug-likeness (QED) is 0.319. The van der Waals surface area contributed by atoms with Gasteiger partial charge in [-0.3, -0.25) is 0 Å². The summed E-state index contributed by atoms with van der Waals surface area (Å²) in [6.45, 7) is 5.29. The Balaban J connectivity index is 1.50. The fourth-order valence-corrected chi connectivity index (χ4v) is 3.92. The monoisotopic (exact) mass is 406 g/mol. The molecule has 27 heavy (non-hydrogen) atoms. The molecule has 0 saturated heterocycles. The van der Waals surface area contributed by atoms with Crippen molar-refractivity contribution in [1.82, 2.24) is 25.4 Å². The van der Waals surface area contributed by atoms with Crippen molar-refractivity contribution in [3.05, 3.63) is 40.9 Å². The van der Waals surface area contributed by atoms with Gasteiger partial charge in [0.25, 0.3) is 0 Å². The molecule has 2 N–H and O–H groups in total. The molecule has 0 saturated carbocycles. The molecule has 3 rings (SSSR count). The number of aryl methyl sites for hydroxylation is 1. The van der Waals surface area contributed by atoms with Crippen molar-refractivity contribution >= 4 is 29.3 Å². The molecule has 1 aliphatic rings. The van der Waals surface area contributed by atoms with Crippen LogP contribution in [0, 0.1) is 0 Å². The number of aromatic nitrogens is 3. The van der Waals surface area contributed by atoms with Crippen LogP contribution in [0.25, 0.3) is 0 Å². The lowest BCUT2D eigenvalue weighted by atomic mass is 10.2. The number of rotatable bonds is 7. The number of thioether (sulfide) groups is 1. The first-order valence-electron chi connectivity index (χ1n) is 9.57. The van der Waals surface area contributed by atoms with Crippen LogP contribution in [0.2, 0.25) is 5.02 Å². The maximum absolute atomic E-state index is 5.92. The molecule has 2 heterocycles. The van der Waals surface area contributed by atoms with E-state index >= 15 is 0 Å². The molecular weight excluding hydrogens is 380 g/mol. The van der Waals surface area contributed by atoms with Gasteiger partial charge in [0.1, 0.15) is 12.4 Å². The minimum absolute atomic E-state index is 0.548. The summed E-state index contributed by atoms with van der Waals surface area (Å²) in [6, 6.07) is 7.93. The molecule has 0 unspecified atom stereocenters. The molecule has 1 aromatic heterocycles. The summed E-state index contributed by atoms with van der Waals surface area (Å²) in [7, 11) is 0. The Morgan fingerprint density at radius 3 is 2.85 bits per heavy atom. The van der Waals surface area contributed by atoms with E-state index in [1.54, 1.807) is 11.8 Å². The van der Waals surface area contributed by atoms with Gasteiger partial charge in [-0.1, -0.05) is 18.0 Å². The van der Waals surface area contributed by atoms with Crippen LogP contribution in [0.15, 0.2) is 34.2 Å². The zero-order chi connectivity index (χ0) is 18.9. The summed E-state index contributed by atoms with van der Waals surface area (Å²) < 4.78 is 2.25. The Labute approximate surface area is 170 Å². The van der Waals surface area contributed by atoms with Gasteiger partial charge in [-0.2, -0.15) is 0 Å². The molecule has 1 aliphatic heterocycles. The van der Waals surface area contributed by atoms with Crippen molar-refractivity contribution < 1.29 is 0 Å². The predicted molar refractivity (Wildman–Crippen MR) is 113 cm³/mol. The number of nitrogens with zero attached hydrogens (tertiary/aromatic N) is 4. The van der Waals surface area contributed by atoms with Crippen LogP contribution in [0.1, 0.15) is 37.8 Å². The third-order valence-corrected chi connectivity index (χ3v) is 5.65. The average molecular weight is 407 g/mol. The molecule has 0 bridgehead atoms. The molecule has 1 aromatic carbocycles. The summed E-state index contributed by atoms with van der Waals surface area (Å²) in [5.41, 5.74) is 0. The highest BCUT2D eigenvalue weighted by Crippen LogP contribution is 2.19. The molecule has 0 spiro atoms. The highest BCUT2D eigenvalue weighted by Gasteiger charge is 2.14. The van der Waals surface area contributed by atoms with E-state index in [2.05, 4.69) is 32.3 Å². The minimum Gasteiger partial charge on any atom is -0.357 e. The highest BCUT2D eigenvalue weighted by molar-refractivity contribution is 7.99. The summed E-state index contributed by atoms with van der Waals surface area (Å²) >= 11 is 7.72. The molecule has 0 amide bonds. The van der Waals surface area contributed by atoms with Gasteiger partial charge in [-0.05, 0) is 44.0 Å². The lowest BCUT2D eigenvalue weighted by Crippen LogP contribution is -2.38. The number of aliphatic imine (C=N–C) groups is 1. The second-order valence-electron chi connectivity index (χ2n) is 6.42. The Hall–Kier alpha value is -1.73. The summed E-state index contributed by atoms with van der Waals surface area (Å²) in [6.07, 6.45) is 4.69. The van der Waals surface area contributed by atoms with Gasteiger partial charge >= 0.3 is 0 Å². The normalized spacial score (nSPS) is 14.5. The van der Waals surface area contributed by atoms with Crippen LogP contribution < -0.4 is 10.6 Å². The highest BCUT2D eigenvalue weighted by atomic mass is 35.5. The molecule has 0 aliphatic carbocycles. The van der Waals surface area contributed by atoms with Crippen molar-refractivity contribution in [1.29, 1.82) is 0 Å². The van der Waals surface area contributed by atoms with Gasteiger partial charge in [-0.25, -0.2) is 4.99 Å². The fraction of sp³-hybridized carbons (Fsp3) is 0.526. The first-order chi connectivity index (χ1) is 13.3.